The van der Waals surface area contributed by atoms with E-state index in [1.807, 2.05) is 50.0 Å². The summed E-state index contributed by atoms with van der Waals surface area (Å²) in [6.07, 6.45) is 0.349. The van der Waals surface area contributed by atoms with Gasteiger partial charge in [-0.3, -0.25) is 24.0 Å². The van der Waals surface area contributed by atoms with Gasteiger partial charge in [0.05, 0.1) is 6.42 Å². The molecule has 0 radical (unpaired) electrons. The molecule has 3 atom stereocenters. The largest absolute Gasteiger partial charge is 0.518 e. The second-order valence-electron chi connectivity index (χ2n) is 9.38. The lowest BCUT2D eigenvalue weighted by molar-refractivity contribution is -0.159. The quantitative estimate of drug-likeness (QED) is 0.122. The molecule has 0 spiro atoms. The van der Waals surface area contributed by atoms with Gasteiger partial charge in [-0.2, -0.15) is 0 Å². The maximum atomic E-state index is 13.2. The molecule has 0 bridgehead atoms. The minimum Gasteiger partial charge on any atom is -0.518 e. The highest BCUT2D eigenvalue weighted by Gasteiger charge is 2.55. The van der Waals surface area contributed by atoms with Crippen molar-refractivity contribution in [1.29, 1.82) is 0 Å². The molecule has 3 unspecified atom stereocenters. The van der Waals surface area contributed by atoms with Crippen LogP contribution in [0.3, 0.4) is 0 Å². The van der Waals surface area contributed by atoms with Gasteiger partial charge in [0.2, 0.25) is 31.9 Å². The van der Waals surface area contributed by atoms with Crippen LogP contribution in [0.25, 0.3) is 0 Å². The van der Waals surface area contributed by atoms with E-state index < -0.39 is 37.7 Å². The summed E-state index contributed by atoms with van der Waals surface area (Å²) in [6, 6.07) is 7.13. The topological polar surface area (TPSA) is 113 Å². The van der Waals surface area contributed by atoms with Gasteiger partial charge in [-0.25, -0.2) is 4.31 Å². The molecule has 3 rings (SSSR count). The highest BCUT2D eigenvalue weighted by molar-refractivity contribution is 8.76. The van der Waals surface area contributed by atoms with E-state index >= 15 is 0 Å². The van der Waals surface area contributed by atoms with Crippen molar-refractivity contribution in [2.45, 2.75) is 63.3 Å². The van der Waals surface area contributed by atoms with Crippen LogP contribution in [-0.2, 0) is 34.8 Å². The summed E-state index contributed by atoms with van der Waals surface area (Å²) >= 11 is 0. The van der Waals surface area contributed by atoms with Crippen LogP contribution in [0, 0.1) is 0 Å². The number of carbonyl (C=O) groups is 5. The van der Waals surface area contributed by atoms with Crippen LogP contribution < -0.4 is 5.32 Å². The first kappa shape index (κ1) is 27.0. The second kappa shape index (κ2) is 11.0. The summed E-state index contributed by atoms with van der Waals surface area (Å²) in [5.74, 6) is -2.02. The summed E-state index contributed by atoms with van der Waals surface area (Å²) in [7, 11) is -0.277. The van der Waals surface area contributed by atoms with Gasteiger partial charge >= 0.3 is 5.97 Å². The molecule has 2 aliphatic heterocycles. The average molecular weight is 536 g/mol. The summed E-state index contributed by atoms with van der Waals surface area (Å²) < 4.78 is 6.71. The molecule has 1 N–H and O–H groups in total. The Hall–Kier alpha value is -2.57. The van der Waals surface area contributed by atoms with Gasteiger partial charge in [0, 0.05) is 23.8 Å². The number of imide groups is 1. The maximum absolute atomic E-state index is 13.2. The number of β-lactam (4-membered cyclic amide) rings is 1. The monoisotopic (exact) mass is 535 g/mol. The van der Waals surface area contributed by atoms with E-state index in [2.05, 4.69) is 11.9 Å². The van der Waals surface area contributed by atoms with Crippen molar-refractivity contribution in [2.75, 3.05) is 0 Å². The Morgan fingerprint density at radius 1 is 1.14 bits per heavy atom. The Morgan fingerprint density at radius 3 is 2.29 bits per heavy atom. The third kappa shape index (κ3) is 6.56. The number of rotatable bonds is 10. The number of nitrogens with zero attached hydrogens (tertiary/aromatic N) is 2. The minimum absolute atomic E-state index is 0.0832. The molecule has 0 aliphatic carbocycles. The van der Waals surface area contributed by atoms with E-state index in [1.54, 1.807) is 6.92 Å². The molecule has 2 heterocycles. The SMILES string of the molecule is C=C(C)C(C(=O)O[Si](C)(C)C)N1C(=O)C(NC(=O)Cc2ccccc2)C1SSN1C(=O)CCC1=O. The molecule has 0 aromatic heterocycles. The van der Waals surface area contributed by atoms with Crippen LogP contribution in [0.5, 0.6) is 0 Å². The highest BCUT2D eigenvalue weighted by Crippen LogP contribution is 2.43. The van der Waals surface area contributed by atoms with Crippen molar-refractivity contribution < 1.29 is 28.4 Å². The predicted octanol–water partition coefficient (Wildman–Crippen LogP) is 2.65. The molecule has 2 saturated heterocycles. The van der Waals surface area contributed by atoms with Gasteiger partial charge in [-0.1, -0.05) is 36.9 Å². The van der Waals surface area contributed by atoms with Crippen LogP contribution >= 0.6 is 21.8 Å². The molecule has 2 aliphatic rings. The Balaban J connectivity index is 1.80. The van der Waals surface area contributed by atoms with Gasteiger partial charge in [-0.15, -0.1) is 0 Å². The number of carbonyl (C=O) groups excluding carboxylic acids is 5. The lowest BCUT2D eigenvalue weighted by Gasteiger charge is -2.49. The van der Waals surface area contributed by atoms with Crippen LogP contribution in [-0.4, -0.2) is 64.6 Å². The molecule has 1 aromatic rings. The van der Waals surface area contributed by atoms with E-state index in [1.165, 1.54) is 4.90 Å². The molecule has 12 heteroatoms. The normalized spacial score (nSPS) is 21.0. The molecule has 0 saturated carbocycles. The fourth-order valence-corrected chi connectivity index (χ4v) is 7.12. The first-order chi connectivity index (χ1) is 16.4. The third-order valence-corrected chi connectivity index (χ3v) is 8.65. The molecule has 1 aromatic carbocycles. The zero-order chi connectivity index (χ0) is 25.9. The summed E-state index contributed by atoms with van der Waals surface area (Å²) in [5, 5.41) is 2.03. The van der Waals surface area contributed by atoms with Crippen LogP contribution in [0.1, 0.15) is 25.3 Å². The molecule has 188 valence electrons. The standard InChI is InChI=1S/C23H29N3O6S2Si/c1-14(2)20(23(31)32-35(3,4)5)25-21(30)19(24-16(27)13-15-9-7-6-8-10-15)22(25)33-34-26-17(28)11-12-18(26)29/h6-10,19-20,22H,1,11-13H2,2-5H3,(H,24,27). The molecule has 2 fully saturated rings. The number of hydrogen-bond donors (Lipinski definition) is 1. The van der Waals surface area contributed by atoms with Crippen molar-refractivity contribution in [3.05, 3.63) is 48.0 Å². The third-order valence-electron chi connectivity index (χ3n) is 5.20. The fraction of sp³-hybridized carbons (Fsp3) is 0.435. The summed E-state index contributed by atoms with van der Waals surface area (Å²) in [6.45, 7) is 11.1. The summed E-state index contributed by atoms with van der Waals surface area (Å²) in [5.41, 5.74) is 1.21. The van der Waals surface area contributed by atoms with E-state index in [0.717, 1.165) is 31.6 Å². The van der Waals surface area contributed by atoms with Crippen molar-refractivity contribution in [1.82, 2.24) is 14.5 Å². The predicted molar refractivity (Wildman–Crippen MR) is 137 cm³/mol. The van der Waals surface area contributed by atoms with E-state index in [0.29, 0.717) is 5.57 Å². The number of benzene rings is 1. The van der Waals surface area contributed by atoms with Crippen molar-refractivity contribution >= 4 is 59.7 Å². The highest BCUT2D eigenvalue weighted by atomic mass is 33.1. The first-order valence-electron chi connectivity index (χ1n) is 11.1. The number of likely N-dealkylation sites (tertiary alicyclic amines) is 1. The van der Waals surface area contributed by atoms with Crippen molar-refractivity contribution in [3.63, 3.8) is 0 Å². The van der Waals surface area contributed by atoms with Crippen molar-refractivity contribution in [3.8, 4) is 0 Å². The Bertz CT molecular complexity index is 1030. The van der Waals surface area contributed by atoms with Crippen LogP contribution in [0.15, 0.2) is 42.5 Å². The maximum Gasteiger partial charge on any atom is 0.319 e. The van der Waals surface area contributed by atoms with Gasteiger partial charge in [0.25, 0.3) is 0 Å². The minimum atomic E-state index is -2.26. The number of hydrogen-bond acceptors (Lipinski definition) is 8. The molecular formula is C23H29N3O6S2Si. The van der Waals surface area contributed by atoms with E-state index in [9.17, 15) is 24.0 Å². The molecule has 35 heavy (non-hydrogen) atoms. The van der Waals surface area contributed by atoms with Gasteiger partial charge in [-0.05, 0) is 48.5 Å². The second-order valence-corrected chi connectivity index (χ2v) is 16.0. The zero-order valence-corrected chi connectivity index (χ0v) is 22.7. The van der Waals surface area contributed by atoms with Gasteiger partial charge < -0.3 is 14.6 Å². The van der Waals surface area contributed by atoms with E-state index in [4.69, 9.17) is 4.43 Å². The Kier molecular flexibility index (Phi) is 8.49. The average Bonchev–Trinajstić information content (AvgIpc) is 3.08. The smallest absolute Gasteiger partial charge is 0.319 e. The van der Waals surface area contributed by atoms with Crippen LogP contribution in [0.4, 0.5) is 0 Å². The van der Waals surface area contributed by atoms with Crippen molar-refractivity contribution in [2.24, 2.45) is 0 Å². The Labute approximate surface area is 213 Å². The molecular weight excluding hydrogens is 506 g/mol. The summed E-state index contributed by atoms with van der Waals surface area (Å²) in [4.78, 5) is 64.3. The molecule has 9 nitrogen and oxygen atoms in total. The van der Waals surface area contributed by atoms with Gasteiger partial charge in [0.1, 0.15) is 11.4 Å². The number of nitrogens with one attached hydrogen (secondary N) is 1. The first-order valence-corrected chi connectivity index (χ1v) is 16.7. The fourth-order valence-electron chi connectivity index (χ4n) is 3.64. The van der Waals surface area contributed by atoms with Crippen LogP contribution in [0.2, 0.25) is 19.6 Å². The number of amides is 4. The lowest BCUT2D eigenvalue weighted by atomic mass is 9.99. The van der Waals surface area contributed by atoms with E-state index in [-0.39, 0.29) is 37.0 Å². The zero-order valence-electron chi connectivity index (χ0n) is 20.1. The lowest BCUT2D eigenvalue weighted by Crippen LogP contribution is -2.73. The Morgan fingerprint density at radius 2 is 1.74 bits per heavy atom. The molecule has 4 amide bonds. The van der Waals surface area contributed by atoms with Gasteiger partial charge in [0.15, 0.2) is 6.04 Å².